The Bertz CT molecular complexity index is 1410. The molecule has 2 amide bonds. The molecular weight excluding hydrogens is 487 g/mol. The minimum Gasteiger partial charge on any atom is -0.490 e. The number of hydrogen-bond donors (Lipinski definition) is 2. The molecule has 0 saturated carbocycles. The van der Waals surface area contributed by atoms with E-state index in [2.05, 4.69) is 20.7 Å². The Labute approximate surface area is 210 Å². The number of carbonyl (C=O) groups is 1. The number of carbonyl (C=O) groups excluding carboxylic acids is 1. The molecule has 8 nitrogen and oxygen atoms in total. The van der Waals surface area contributed by atoms with Crippen molar-refractivity contribution in [1.82, 2.24) is 14.8 Å². The van der Waals surface area contributed by atoms with Gasteiger partial charge in [-0.25, -0.2) is 4.79 Å². The average molecular weight is 512 g/mol. The molecular formula is C26H24F3N5O3. The van der Waals surface area contributed by atoms with E-state index in [0.717, 1.165) is 28.1 Å². The highest BCUT2D eigenvalue weighted by Crippen LogP contribution is 2.39. The topological polar surface area (TPSA) is 90.3 Å². The number of pyridine rings is 1. The van der Waals surface area contributed by atoms with Crippen molar-refractivity contribution in [3.63, 3.8) is 0 Å². The lowest BCUT2D eigenvalue weighted by Crippen LogP contribution is -2.27. The molecule has 2 aromatic carbocycles. The van der Waals surface area contributed by atoms with Gasteiger partial charge in [0.15, 0.2) is 0 Å². The lowest BCUT2D eigenvalue weighted by molar-refractivity contribution is -0.139. The van der Waals surface area contributed by atoms with Crippen LogP contribution in [0.15, 0.2) is 61.1 Å². The maximum Gasteiger partial charge on any atom is 0.420 e. The second-order valence-electron chi connectivity index (χ2n) is 8.68. The third kappa shape index (κ3) is 5.51. The second kappa shape index (κ2) is 10.1. The second-order valence-corrected chi connectivity index (χ2v) is 8.68. The summed E-state index contributed by atoms with van der Waals surface area (Å²) in [6, 6.07) is 9.87. The lowest BCUT2D eigenvalue weighted by Gasteiger charge is -2.25. The van der Waals surface area contributed by atoms with Gasteiger partial charge in [0.2, 0.25) is 0 Å². The van der Waals surface area contributed by atoms with Gasteiger partial charge in [-0.2, -0.15) is 18.3 Å². The number of aryl methyl sites for hydroxylation is 1. The summed E-state index contributed by atoms with van der Waals surface area (Å²) in [6.07, 6.45) is 1.30. The molecule has 11 heteroatoms. The van der Waals surface area contributed by atoms with Gasteiger partial charge in [0.1, 0.15) is 11.9 Å². The molecule has 0 aliphatic carbocycles. The van der Waals surface area contributed by atoms with Crippen molar-refractivity contribution < 1.29 is 27.4 Å². The Morgan fingerprint density at radius 3 is 2.46 bits per heavy atom. The molecule has 1 saturated heterocycles. The van der Waals surface area contributed by atoms with E-state index >= 15 is 0 Å². The van der Waals surface area contributed by atoms with Gasteiger partial charge in [0.05, 0.1) is 36.7 Å². The van der Waals surface area contributed by atoms with Crippen LogP contribution in [0.1, 0.15) is 18.4 Å². The maximum atomic E-state index is 13.7. The van der Waals surface area contributed by atoms with Crippen LogP contribution in [0.25, 0.3) is 22.0 Å². The van der Waals surface area contributed by atoms with E-state index in [1.165, 1.54) is 12.1 Å². The SMILES string of the molecule is Cn1ncc2c(-c3ccc(NC(=O)Nc4ccc(OC5CCOCC5)c(C(F)(F)F)c4)cc3)cncc21. The number of halogens is 3. The first kappa shape index (κ1) is 24.6. The largest absolute Gasteiger partial charge is 0.490 e. The van der Waals surface area contributed by atoms with Gasteiger partial charge in [0.25, 0.3) is 0 Å². The van der Waals surface area contributed by atoms with E-state index in [-0.39, 0.29) is 17.5 Å². The molecule has 1 aliphatic heterocycles. The highest BCUT2D eigenvalue weighted by Gasteiger charge is 2.35. The molecule has 1 fully saturated rings. The molecule has 0 bridgehead atoms. The van der Waals surface area contributed by atoms with Crippen LogP contribution < -0.4 is 15.4 Å². The van der Waals surface area contributed by atoms with Crippen molar-refractivity contribution in [3.8, 4) is 16.9 Å². The normalized spacial score (nSPS) is 14.5. The van der Waals surface area contributed by atoms with Crippen LogP contribution in [0, 0.1) is 0 Å². The summed E-state index contributed by atoms with van der Waals surface area (Å²) >= 11 is 0. The highest BCUT2D eigenvalue weighted by molar-refractivity contribution is 6.00. The Balaban J connectivity index is 1.27. The molecule has 2 N–H and O–H groups in total. The van der Waals surface area contributed by atoms with E-state index in [1.54, 1.807) is 35.4 Å². The standard InChI is InChI=1S/C26H24F3N5O3/c1-34-23-15-30-13-20(21(23)14-31-34)16-2-4-17(5-3-16)32-25(35)33-18-6-7-24(22(12-18)26(27,28)29)37-19-8-10-36-11-9-19/h2-7,12-15,19H,8-11H2,1H3,(H2,32,33,35). The van der Waals surface area contributed by atoms with Crippen LogP contribution in [-0.2, 0) is 18.0 Å². The van der Waals surface area contributed by atoms with E-state index in [1.807, 2.05) is 19.2 Å². The summed E-state index contributed by atoms with van der Waals surface area (Å²) < 4.78 is 53.7. The van der Waals surface area contributed by atoms with E-state index in [0.29, 0.717) is 31.7 Å². The average Bonchev–Trinajstić information content (AvgIpc) is 3.26. The minimum atomic E-state index is -4.64. The van der Waals surface area contributed by atoms with Crippen LogP contribution in [0.5, 0.6) is 5.75 Å². The summed E-state index contributed by atoms with van der Waals surface area (Å²) in [4.78, 5) is 16.8. The molecule has 0 spiro atoms. The fourth-order valence-electron chi connectivity index (χ4n) is 4.22. The predicted molar refractivity (Wildman–Crippen MR) is 132 cm³/mol. The number of benzene rings is 2. The quantitative estimate of drug-likeness (QED) is 0.351. The summed E-state index contributed by atoms with van der Waals surface area (Å²) in [5.41, 5.74) is 2.19. The first-order valence-electron chi connectivity index (χ1n) is 11.7. The first-order chi connectivity index (χ1) is 17.8. The van der Waals surface area contributed by atoms with E-state index in [4.69, 9.17) is 9.47 Å². The molecule has 0 radical (unpaired) electrons. The van der Waals surface area contributed by atoms with Gasteiger partial charge in [-0.3, -0.25) is 9.67 Å². The maximum absolute atomic E-state index is 13.7. The third-order valence-corrected chi connectivity index (χ3v) is 6.13. The number of nitrogens with zero attached hydrogens (tertiary/aromatic N) is 3. The highest BCUT2D eigenvalue weighted by atomic mass is 19.4. The van der Waals surface area contributed by atoms with Gasteiger partial charge in [0, 0.05) is 48.4 Å². The summed E-state index contributed by atoms with van der Waals surface area (Å²) in [5.74, 6) is -0.265. The van der Waals surface area contributed by atoms with E-state index < -0.39 is 17.8 Å². The number of rotatable bonds is 5. The lowest BCUT2D eigenvalue weighted by atomic mass is 10.0. The van der Waals surface area contributed by atoms with Gasteiger partial charge in [-0.1, -0.05) is 12.1 Å². The number of nitrogens with one attached hydrogen (secondary N) is 2. The smallest absolute Gasteiger partial charge is 0.420 e. The Morgan fingerprint density at radius 2 is 1.73 bits per heavy atom. The molecule has 1 aliphatic rings. The zero-order chi connectivity index (χ0) is 26.0. The van der Waals surface area contributed by atoms with E-state index in [9.17, 15) is 18.0 Å². The fourth-order valence-corrected chi connectivity index (χ4v) is 4.22. The molecule has 0 unspecified atom stereocenters. The van der Waals surface area contributed by atoms with Crippen molar-refractivity contribution >= 4 is 28.3 Å². The molecule has 5 rings (SSSR count). The van der Waals surface area contributed by atoms with Crippen LogP contribution in [0.2, 0.25) is 0 Å². The van der Waals surface area contributed by atoms with Crippen molar-refractivity contribution in [2.75, 3.05) is 23.8 Å². The number of ether oxygens (including phenoxy) is 2. The zero-order valence-corrected chi connectivity index (χ0v) is 19.9. The van der Waals surface area contributed by atoms with Crippen molar-refractivity contribution in [3.05, 3.63) is 66.6 Å². The summed E-state index contributed by atoms with van der Waals surface area (Å²) in [6.45, 7) is 0.895. The first-order valence-corrected chi connectivity index (χ1v) is 11.7. The number of urea groups is 1. The Hall–Kier alpha value is -4.12. The Morgan fingerprint density at radius 1 is 1.03 bits per heavy atom. The van der Waals surface area contributed by atoms with Crippen molar-refractivity contribution in [2.45, 2.75) is 25.1 Å². The fraction of sp³-hybridized carbons (Fsp3) is 0.269. The van der Waals surface area contributed by atoms with Gasteiger partial charge >= 0.3 is 12.2 Å². The molecule has 37 heavy (non-hydrogen) atoms. The molecule has 4 aromatic rings. The third-order valence-electron chi connectivity index (χ3n) is 6.13. The monoisotopic (exact) mass is 511 g/mol. The van der Waals surface area contributed by atoms with Crippen LogP contribution in [0.4, 0.5) is 29.3 Å². The van der Waals surface area contributed by atoms with Gasteiger partial charge < -0.3 is 20.1 Å². The van der Waals surface area contributed by atoms with Gasteiger partial charge in [-0.15, -0.1) is 0 Å². The molecule has 192 valence electrons. The van der Waals surface area contributed by atoms with Gasteiger partial charge in [-0.05, 0) is 35.9 Å². The molecule has 2 aromatic heterocycles. The summed E-state index contributed by atoms with van der Waals surface area (Å²) in [5, 5.41) is 10.3. The number of alkyl halides is 3. The number of amides is 2. The van der Waals surface area contributed by atoms with Crippen LogP contribution >= 0.6 is 0 Å². The Kier molecular flexibility index (Phi) is 6.70. The zero-order valence-electron chi connectivity index (χ0n) is 19.9. The minimum absolute atomic E-state index is 0.00453. The number of anilines is 2. The molecule has 3 heterocycles. The van der Waals surface area contributed by atoms with Crippen LogP contribution in [-0.4, -0.2) is 40.1 Å². The number of fused-ring (bicyclic) bond motifs is 1. The summed E-state index contributed by atoms with van der Waals surface area (Å²) in [7, 11) is 1.84. The number of hydrogen-bond acceptors (Lipinski definition) is 5. The predicted octanol–water partition coefficient (Wildman–Crippen LogP) is 5.86. The number of aromatic nitrogens is 3. The van der Waals surface area contributed by atoms with Crippen LogP contribution in [0.3, 0.4) is 0 Å². The molecule has 0 atom stereocenters. The van der Waals surface area contributed by atoms with Crippen molar-refractivity contribution in [2.24, 2.45) is 7.05 Å². The van der Waals surface area contributed by atoms with Crippen molar-refractivity contribution in [1.29, 1.82) is 0 Å².